The fourth-order valence-electron chi connectivity index (χ4n) is 1.77. The molecular formula is C14H11Cl2N3O4. The van der Waals surface area contributed by atoms with E-state index in [1.165, 1.54) is 25.3 Å². The minimum atomic E-state index is -0.596. The normalized spacial score (nSPS) is 10.0. The van der Waals surface area contributed by atoms with Crippen molar-refractivity contribution in [2.24, 2.45) is 0 Å². The standard InChI is InChI=1S/C14H11Cl2N3O4/c1-23-12-7-8(19(21)22)5-6-10(12)17-14(20)18-11-4-2-3-9(15)13(11)16/h2-7H,1H3,(H2,17,18,20). The number of amides is 2. The lowest BCUT2D eigenvalue weighted by molar-refractivity contribution is -0.384. The van der Waals surface area contributed by atoms with Crippen molar-refractivity contribution in [3.05, 3.63) is 56.6 Å². The number of benzene rings is 2. The minimum Gasteiger partial charge on any atom is -0.494 e. The largest absolute Gasteiger partial charge is 0.494 e. The molecule has 2 amide bonds. The molecule has 0 aromatic heterocycles. The van der Waals surface area contributed by atoms with Crippen LogP contribution in [0.25, 0.3) is 0 Å². The molecule has 0 fully saturated rings. The Kier molecular flexibility index (Phi) is 5.25. The summed E-state index contributed by atoms with van der Waals surface area (Å²) in [5.74, 6) is 0.159. The molecule has 0 unspecified atom stereocenters. The summed E-state index contributed by atoms with van der Waals surface area (Å²) in [4.78, 5) is 22.2. The molecule has 23 heavy (non-hydrogen) atoms. The van der Waals surface area contributed by atoms with Crippen molar-refractivity contribution in [3.8, 4) is 5.75 Å². The topological polar surface area (TPSA) is 93.5 Å². The number of methoxy groups -OCH3 is 1. The minimum absolute atomic E-state index is 0.148. The lowest BCUT2D eigenvalue weighted by atomic mass is 10.2. The second kappa shape index (κ2) is 7.17. The van der Waals surface area contributed by atoms with Gasteiger partial charge in [-0.3, -0.25) is 10.1 Å². The highest BCUT2D eigenvalue weighted by Gasteiger charge is 2.14. The summed E-state index contributed by atoms with van der Waals surface area (Å²) in [5, 5.41) is 16.3. The molecule has 0 aliphatic heterocycles. The number of rotatable bonds is 4. The molecule has 0 radical (unpaired) electrons. The summed E-state index contributed by atoms with van der Waals surface area (Å²) in [7, 11) is 1.34. The zero-order valence-corrected chi connectivity index (χ0v) is 13.3. The Morgan fingerprint density at radius 2 is 1.87 bits per heavy atom. The molecule has 0 spiro atoms. The number of urea groups is 1. The van der Waals surface area contributed by atoms with Crippen molar-refractivity contribution in [3.63, 3.8) is 0 Å². The van der Waals surface area contributed by atoms with Gasteiger partial charge >= 0.3 is 6.03 Å². The van der Waals surface area contributed by atoms with Gasteiger partial charge in [-0.2, -0.15) is 0 Å². The van der Waals surface area contributed by atoms with E-state index < -0.39 is 11.0 Å². The van der Waals surface area contributed by atoms with Gasteiger partial charge in [0.2, 0.25) is 0 Å². The Balaban J connectivity index is 2.17. The van der Waals surface area contributed by atoms with Gasteiger partial charge in [-0.1, -0.05) is 29.3 Å². The van der Waals surface area contributed by atoms with E-state index in [1.54, 1.807) is 18.2 Å². The number of halogens is 2. The van der Waals surface area contributed by atoms with Crippen LogP contribution in [0.15, 0.2) is 36.4 Å². The first-order chi connectivity index (χ1) is 10.9. The van der Waals surface area contributed by atoms with Gasteiger partial charge < -0.3 is 15.4 Å². The van der Waals surface area contributed by atoms with E-state index in [9.17, 15) is 14.9 Å². The fraction of sp³-hybridized carbons (Fsp3) is 0.0714. The molecule has 2 aromatic carbocycles. The molecule has 0 aliphatic rings. The number of nitrogens with zero attached hydrogens (tertiary/aromatic N) is 1. The van der Waals surface area contributed by atoms with Gasteiger partial charge in [-0.15, -0.1) is 0 Å². The van der Waals surface area contributed by atoms with Crippen LogP contribution < -0.4 is 15.4 Å². The summed E-state index contributed by atoms with van der Waals surface area (Å²) < 4.78 is 5.04. The molecule has 0 aliphatic carbocycles. The van der Waals surface area contributed by atoms with Crippen molar-refractivity contribution in [2.75, 3.05) is 17.7 Å². The molecule has 120 valence electrons. The van der Waals surface area contributed by atoms with Crippen LogP contribution in [0.2, 0.25) is 10.0 Å². The van der Waals surface area contributed by atoms with Crippen LogP contribution in [0.5, 0.6) is 5.75 Å². The predicted molar refractivity (Wildman–Crippen MR) is 88.8 cm³/mol. The Hall–Kier alpha value is -2.51. The Morgan fingerprint density at radius 3 is 2.52 bits per heavy atom. The van der Waals surface area contributed by atoms with Crippen molar-refractivity contribution >= 4 is 46.3 Å². The summed E-state index contributed by atoms with van der Waals surface area (Å²) in [6, 6.07) is 8.05. The SMILES string of the molecule is COc1cc([N+](=O)[O-])ccc1NC(=O)Nc1cccc(Cl)c1Cl. The second-order valence-corrected chi connectivity index (χ2v) is 5.11. The van der Waals surface area contributed by atoms with E-state index in [1.807, 2.05) is 0 Å². The maximum atomic E-state index is 12.0. The zero-order chi connectivity index (χ0) is 17.0. The molecule has 0 heterocycles. The van der Waals surface area contributed by atoms with Gasteiger partial charge in [0.15, 0.2) is 0 Å². The highest BCUT2D eigenvalue weighted by molar-refractivity contribution is 6.44. The number of carbonyl (C=O) groups is 1. The van der Waals surface area contributed by atoms with Gasteiger partial charge in [-0.05, 0) is 18.2 Å². The van der Waals surface area contributed by atoms with Gasteiger partial charge in [-0.25, -0.2) is 4.79 Å². The van der Waals surface area contributed by atoms with E-state index in [2.05, 4.69) is 10.6 Å². The van der Waals surface area contributed by atoms with E-state index in [0.29, 0.717) is 10.7 Å². The van der Waals surface area contributed by atoms with Crippen LogP contribution in [0.1, 0.15) is 0 Å². The number of non-ortho nitro benzene ring substituents is 1. The van der Waals surface area contributed by atoms with Crippen molar-refractivity contribution < 1.29 is 14.5 Å². The summed E-state index contributed by atoms with van der Waals surface area (Å²) in [6.45, 7) is 0. The third-order valence-corrected chi connectivity index (χ3v) is 3.66. The number of nitro groups is 1. The lowest BCUT2D eigenvalue weighted by Crippen LogP contribution is -2.20. The number of ether oxygens (including phenoxy) is 1. The van der Waals surface area contributed by atoms with E-state index in [-0.39, 0.29) is 22.1 Å². The number of anilines is 2. The lowest BCUT2D eigenvalue weighted by Gasteiger charge is -2.12. The molecule has 9 heteroatoms. The van der Waals surface area contributed by atoms with Gasteiger partial charge in [0.05, 0.1) is 39.5 Å². The zero-order valence-electron chi connectivity index (χ0n) is 11.8. The van der Waals surface area contributed by atoms with Gasteiger partial charge in [0, 0.05) is 6.07 Å². The highest BCUT2D eigenvalue weighted by Crippen LogP contribution is 2.31. The number of hydrogen-bond donors (Lipinski definition) is 2. The number of hydrogen-bond acceptors (Lipinski definition) is 4. The Labute approximate surface area is 141 Å². The maximum absolute atomic E-state index is 12.0. The first kappa shape index (κ1) is 16.9. The summed E-state index contributed by atoms with van der Waals surface area (Å²) in [6.07, 6.45) is 0. The third-order valence-electron chi connectivity index (χ3n) is 2.84. The highest BCUT2D eigenvalue weighted by atomic mass is 35.5. The van der Waals surface area contributed by atoms with Crippen molar-refractivity contribution in [1.29, 1.82) is 0 Å². The number of nitrogens with one attached hydrogen (secondary N) is 2. The average Bonchev–Trinajstić information content (AvgIpc) is 2.52. The molecule has 2 N–H and O–H groups in total. The van der Waals surface area contributed by atoms with Crippen LogP contribution in [0.4, 0.5) is 21.9 Å². The molecule has 0 saturated heterocycles. The Morgan fingerprint density at radius 1 is 1.17 bits per heavy atom. The summed E-state index contributed by atoms with van der Waals surface area (Å²) >= 11 is 11.8. The molecule has 7 nitrogen and oxygen atoms in total. The molecule has 2 aromatic rings. The first-order valence-corrected chi connectivity index (χ1v) is 7.02. The number of nitro benzene ring substituents is 1. The van der Waals surface area contributed by atoms with Crippen LogP contribution in [0, 0.1) is 10.1 Å². The van der Waals surface area contributed by atoms with E-state index in [0.717, 1.165) is 0 Å². The molecule has 0 atom stereocenters. The van der Waals surface area contributed by atoms with Gasteiger partial charge in [0.1, 0.15) is 5.75 Å². The average molecular weight is 356 g/mol. The molecule has 2 rings (SSSR count). The third kappa shape index (κ3) is 4.02. The maximum Gasteiger partial charge on any atom is 0.323 e. The Bertz CT molecular complexity index is 768. The molecule has 0 saturated carbocycles. The smallest absolute Gasteiger partial charge is 0.323 e. The first-order valence-electron chi connectivity index (χ1n) is 6.27. The van der Waals surface area contributed by atoms with Crippen LogP contribution >= 0.6 is 23.2 Å². The second-order valence-electron chi connectivity index (χ2n) is 4.32. The monoisotopic (exact) mass is 355 g/mol. The van der Waals surface area contributed by atoms with E-state index >= 15 is 0 Å². The van der Waals surface area contributed by atoms with Gasteiger partial charge in [0.25, 0.3) is 5.69 Å². The molecule has 0 bridgehead atoms. The van der Waals surface area contributed by atoms with Crippen LogP contribution in [0.3, 0.4) is 0 Å². The predicted octanol–water partition coefficient (Wildman–Crippen LogP) is 4.55. The number of carbonyl (C=O) groups excluding carboxylic acids is 1. The van der Waals surface area contributed by atoms with Crippen LogP contribution in [-0.4, -0.2) is 18.1 Å². The summed E-state index contributed by atoms with van der Waals surface area (Å²) in [5.41, 5.74) is 0.456. The van der Waals surface area contributed by atoms with Crippen LogP contribution in [-0.2, 0) is 0 Å². The quantitative estimate of drug-likeness (QED) is 0.621. The van der Waals surface area contributed by atoms with Crippen molar-refractivity contribution in [1.82, 2.24) is 0 Å². The fourth-order valence-corrected chi connectivity index (χ4v) is 2.12. The molecular weight excluding hydrogens is 345 g/mol. The van der Waals surface area contributed by atoms with Crippen molar-refractivity contribution in [2.45, 2.75) is 0 Å². The van der Waals surface area contributed by atoms with E-state index in [4.69, 9.17) is 27.9 Å².